The normalized spacial score (nSPS) is 12.3. The Hall–Kier alpha value is -4.94. The molecule has 0 saturated heterocycles. The molecule has 3 heterocycles. The Balaban J connectivity index is 1.71. The number of aromatic amines is 1. The summed E-state index contributed by atoms with van der Waals surface area (Å²) >= 11 is 6.12. The Bertz CT molecular complexity index is 1900. The van der Waals surface area contributed by atoms with Gasteiger partial charge in [-0.2, -0.15) is 5.26 Å². The van der Waals surface area contributed by atoms with E-state index in [1.165, 1.54) is 0 Å². The van der Waals surface area contributed by atoms with Gasteiger partial charge in [-0.05, 0) is 44.5 Å². The molecular weight excluding hydrogens is 518 g/mol. The lowest BCUT2D eigenvalue weighted by Gasteiger charge is -2.20. The average molecular weight is 540 g/mol. The zero-order chi connectivity index (χ0) is 27.7. The number of H-pyrrole nitrogens is 1. The Morgan fingerprint density at radius 3 is 2.62 bits per heavy atom. The lowest BCUT2D eigenvalue weighted by atomic mass is 9.95. The molecule has 194 valence electrons. The van der Waals surface area contributed by atoms with Crippen LogP contribution in [-0.4, -0.2) is 15.1 Å². The summed E-state index contributed by atoms with van der Waals surface area (Å²) in [6.07, 6.45) is 1.61. The Morgan fingerprint density at radius 2 is 1.95 bits per heavy atom. The molecule has 0 bridgehead atoms. The van der Waals surface area contributed by atoms with Gasteiger partial charge in [0.25, 0.3) is 0 Å². The molecule has 0 aliphatic carbocycles. The zero-order valence-electron chi connectivity index (χ0n) is 21.2. The fraction of sp³-hybridized carbons (Fsp3) is 0.138. The van der Waals surface area contributed by atoms with E-state index in [0.717, 1.165) is 5.56 Å². The Morgan fingerprint density at radius 1 is 1.18 bits per heavy atom. The van der Waals surface area contributed by atoms with Crippen LogP contribution in [0.15, 0.2) is 79.2 Å². The number of anilines is 1. The van der Waals surface area contributed by atoms with Crippen molar-refractivity contribution in [2.45, 2.75) is 26.8 Å². The highest BCUT2D eigenvalue weighted by Crippen LogP contribution is 2.35. The van der Waals surface area contributed by atoms with Gasteiger partial charge < -0.3 is 9.73 Å². The highest BCUT2D eigenvalue weighted by Gasteiger charge is 2.23. The van der Waals surface area contributed by atoms with Crippen LogP contribution in [0.2, 0.25) is 5.15 Å². The largest absolute Gasteiger partial charge is 0.455 e. The predicted octanol–water partition coefficient (Wildman–Crippen LogP) is 6.26. The number of pyridine rings is 1. The number of nitrogens with one attached hydrogen (secondary N) is 2. The maximum atomic E-state index is 13.9. The van der Waals surface area contributed by atoms with E-state index in [2.05, 4.69) is 31.0 Å². The third-order valence-corrected chi connectivity index (χ3v) is 6.45. The van der Waals surface area contributed by atoms with Gasteiger partial charge in [-0.25, -0.2) is 9.78 Å². The van der Waals surface area contributed by atoms with Gasteiger partial charge in [0, 0.05) is 11.1 Å². The third-order valence-electron chi connectivity index (χ3n) is 6.24. The molecule has 1 atom stereocenters. The molecule has 2 N–H and O–H groups in total. The summed E-state index contributed by atoms with van der Waals surface area (Å²) in [7, 11) is 0. The molecule has 3 aromatic heterocycles. The Labute approximate surface area is 227 Å². The molecule has 0 aliphatic rings. The molecule has 0 radical (unpaired) electrons. The summed E-state index contributed by atoms with van der Waals surface area (Å²) in [5.41, 5.74) is 3.58. The first kappa shape index (κ1) is 25.7. The van der Waals surface area contributed by atoms with E-state index in [1.54, 1.807) is 31.2 Å². The van der Waals surface area contributed by atoms with Gasteiger partial charge in [-0.3, -0.25) is 14.3 Å². The van der Waals surface area contributed by atoms with E-state index >= 15 is 0 Å². The van der Waals surface area contributed by atoms with E-state index < -0.39 is 11.8 Å². The van der Waals surface area contributed by atoms with Crippen molar-refractivity contribution in [3.05, 3.63) is 103 Å². The number of halogens is 1. The summed E-state index contributed by atoms with van der Waals surface area (Å²) in [6, 6.07) is 17.9. The zero-order valence-corrected chi connectivity index (χ0v) is 22.0. The first-order valence-electron chi connectivity index (χ1n) is 12.0. The lowest BCUT2D eigenvalue weighted by molar-refractivity contribution is 0.388. The number of allylic oxidation sites excluding steroid dienone is 2. The van der Waals surface area contributed by atoms with Crippen molar-refractivity contribution in [1.29, 1.82) is 5.26 Å². The first-order chi connectivity index (χ1) is 18.8. The van der Waals surface area contributed by atoms with Crippen molar-refractivity contribution >= 4 is 33.8 Å². The number of aromatic nitrogens is 3. The van der Waals surface area contributed by atoms with E-state index in [0.29, 0.717) is 33.5 Å². The van der Waals surface area contributed by atoms with E-state index in [4.69, 9.17) is 16.0 Å². The van der Waals surface area contributed by atoms with Gasteiger partial charge in [0.2, 0.25) is 11.3 Å². The molecule has 2 aromatic carbocycles. The second-order valence-corrected chi connectivity index (χ2v) is 9.27. The van der Waals surface area contributed by atoms with Crippen molar-refractivity contribution in [3.63, 3.8) is 0 Å². The second kappa shape index (κ2) is 10.4. The van der Waals surface area contributed by atoms with Crippen molar-refractivity contribution < 1.29 is 8.94 Å². The SMILES string of the molecule is C/C=C(\C#N)c1c(-c2ccccc2)oc2c([C@@H](C)Nc3ccc(Cl)nc3-c3noc(=O)[nH]3)cc(C)cc2c1=O. The minimum absolute atomic E-state index is 0.115. The molecule has 5 aromatic rings. The van der Waals surface area contributed by atoms with Crippen LogP contribution in [0, 0.1) is 18.3 Å². The number of aryl methyl sites for hydroxylation is 1. The number of hydrogen-bond donors (Lipinski definition) is 2. The van der Waals surface area contributed by atoms with Crippen molar-refractivity contribution in [2.75, 3.05) is 5.32 Å². The number of nitrogens with zero attached hydrogens (tertiary/aromatic N) is 3. The van der Waals surface area contributed by atoms with Crippen molar-refractivity contribution in [2.24, 2.45) is 0 Å². The van der Waals surface area contributed by atoms with Gasteiger partial charge in [-0.1, -0.05) is 59.2 Å². The summed E-state index contributed by atoms with van der Waals surface area (Å²) in [5, 5.41) is 17.5. The molecule has 9 nitrogen and oxygen atoms in total. The highest BCUT2D eigenvalue weighted by atomic mass is 35.5. The van der Waals surface area contributed by atoms with Gasteiger partial charge in [0.15, 0.2) is 0 Å². The van der Waals surface area contributed by atoms with Gasteiger partial charge in [-0.15, -0.1) is 0 Å². The number of hydrogen-bond acceptors (Lipinski definition) is 8. The quantitative estimate of drug-likeness (QED) is 0.190. The average Bonchev–Trinajstić information content (AvgIpc) is 3.37. The summed E-state index contributed by atoms with van der Waals surface area (Å²) in [5.74, 6) is -0.294. The fourth-order valence-corrected chi connectivity index (χ4v) is 4.62. The second-order valence-electron chi connectivity index (χ2n) is 8.89. The predicted molar refractivity (Wildman–Crippen MR) is 149 cm³/mol. The molecule has 0 aliphatic heterocycles. The Kier molecular flexibility index (Phi) is 6.88. The van der Waals surface area contributed by atoms with Crippen LogP contribution >= 0.6 is 11.6 Å². The maximum absolute atomic E-state index is 13.9. The third kappa shape index (κ3) is 4.85. The molecule has 0 fully saturated rings. The number of rotatable bonds is 6. The molecular formula is C29H22ClN5O4. The summed E-state index contributed by atoms with van der Waals surface area (Å²) < 4.78 is 11.1. The van der Waals surface area contributed by atoms with E-state index in [9.17, 15) is 14.9 Å². The number of benzene rings is 2. The number of fused-ring (bicyclic) bond motifs is 1. The van der Waals surface area contributed by atoms with Gasteiger partial charge >= 0.3 is 5.76 Å². The van der Waals surface area contributed by atoms with Crippen LogP contribution in [0.4, 0.5) is 5.69 Å². The monoisotopic (exact) mass is 539 g/mol. The maximum Gasteiger partial charge on any atom is 0.439 e. The lowest BCUT2D eigenvalue weighted by Crippen LogP contribution is -2.14. The minimum atomic E-state index is -0.723. The fourth-order valence-electron chi connectivity index (χ4n) is 4.47. The van der Waals surface area contributed by atoms with Gasteiger partial charge in [0.1, 0.15) is 22.2 Å². The number of nitriles is 1. The molecule has 5 rings (SSSR count). The van der Waals surface area contributed by atoms with E-state index in [1.807, 2.05) is 50.2 Å². The van der Waals surface area contributed by atoms with E-state index in [-0.39, 0.29) is 33.2 Å². The minimum Gasteiger partial charge on any atom is -0.455 e. The summed E-state index contributed by atoms with van der Waals surface area (Å²) in [6.45, 7) is 5.50. The van der Waals surface area contributed by atoms with Crippen LogP contribution in [0.25, 0.3) is 39.4 Å². The molecule has 0 spiro atoms. The highest BCUT2D eigenvalue weighted by molar-refractivity contribution is 6.29. The topological polar surface area (TPSA) is 138 Å². The molecule has 0 unspecified atom stereocenters. The van der Waals surface area contributed by atoms with Crippen LogP contribution in [-0.2, 0) is 0 Å². The smallest absolute Gasteiger partial charge is 0.439 e. The molecule has 0 saturated carbocycles. The molecule has 39 heavy (non-hydrogen) atoms. The van der Waals surface area contributed by atoms with Gasteiger partial charge in [0.05, 0.1) is 34.3 Å². The van der Waals surface area contributed by atoms with Crippen LogP contribution in [0.3, 0.4) is 0 Å². The standard InChI is InChI=1S/C29H22ClN5O4/c1-4-17(14-31)23-25(36)20-13-15(2)12-19(27(20)38-26(23)18-8-6-5-7-9-18)16(3)32-21-10-11-22(30)33-24(21)28-34-29(37)39-35-28/h4-13,16,32H,1-3H3,(H,34,35,37)/b17-4+/t16-/m1/s1. The molecule has 10 heteroatoms. The summed E-state index contributed by atoms with van der Waals surface area (Å²) in [4.78, 5) is 32.2. The molecule has 0 amide bonds. The van der Waals surface area contributed by atoms with Crippen molar-refractivity contribution in [3.8, 4) is 28.9 Å². The van der Waals surface area contributed by atoms with Crippen molar-refractivity contribution in [1.82, 2.24) is 15.1 Å². The van der Waals surface area contributed by atoms with Crippen LogP contribution in [0.5, 0.6) is 0 Å². The first-order valence-corrected chi connectivity index (χ1v) is 12.4. The van der Waals surface area contributed by atoms with Crippen LogP contribution < -0.4 is 16.5 Å². The van der Waals surface area contributed by atoms with Crippen LogP contribution in [0.1, 0.15) is 36.6 Å².